The molecular weight excluding hydrogens is 532 g/mol. The summed E-state index contributed by atoms with van der Waals surface area (Å²) in [6.07, 6.45) is 24.9. The SMILES string of the molecule is C=CC(=O)OC(COC1CCCCCCCCC1)(OC1CCCCCCCCC1)OC1CCCCCCC(O)C(O)C1. The first-order valence-corrected chi connectivity index (χ1v) is 17.7. The third kappa shape index (κ3) is 14.2. The highest BCUT2D eigenvalue weighted by Crippen LogP contribution is 2.32. The van der Waals surface area contributed by atoms with Gasteiger partial charge < -0.3 is 29.2 Å². The van der Waals surface area contributed by atoms with E-state index in [4.69, 9.17) is 18.9 Å². The molecule has 42 heavy (non-hydrogen) atoms. The fourth-order valence-corrected chi connectivity index (χ4v) is 6.85. The minimum absolute atomic E-state index is 0.0110. The Morgan fingerprint density at radius 3 is 1.50 bits per heavy atom. The van der Waals surface area contributed by atoms with Gasteiger partial charge in [0.15, 0.2) is 0 Å². The van der Waals surface area contributed by atoms with Gasteiger partial charge in [0.2, 0.25) is 0 Å². The van der Waals surface area contributed by atoms with Crippen molar-refractivity contribution in [3.05, 3.63) is 12.7 Å². The van der Waals surface area contributed by atoms with Crippen molar-refractivity contribution in [2.75, 3.05) is 6.61 Å². The first-order valence-electron chi connectivity index (χ1n) is 17.7. The van der Waals surface area contributed by atoms with Crippen LogP contribution in [0.25, 0.3) is 0 Å². The molecule has 3 aliphatic rings. The van der Waals surface area contributed by atoms with Gasteiger partial charge >= 0.3 is 11.9 Å². The summed E-state index contributed by atoms with van der Waals surface area (Å²) in [7, 11) is 0. The van der Waals surface area contributed by atoms with Crippen molar-refractivity contribution in [2.45, 2.75) is 197 Å². The van der Waals surface area contributed by atoms with Gasteiger partial charge in [-0.2, -0.15) is 0 Å². The van der Waals surface area contributed by atoms with Gasteiger partial charge in [0.05, 0.1) is 30.5 Å². The Balaban J connectivity index is 1.85. The molecule has 244 valence electrons. The maximum Gasteiger partial charge on any atom is 0.354 e. The molecule has 0 bridgehead atoms. The molecule has 3 aliphatic carbocycles. The molecule has 0 radical (unpaired) electrons. The van der Waals surface area contributed by atoms with Gasteiger partial charge in [-0.15, -0.1) is 0 Å². The first-order chi connectivity index (χ1) is 20.5. The van der Waals surface area contributed by atoms with Crippen LogP contribution in [0.5, 0.6) is 0 Å². The second-order valence-corrected chi connectivity index (χ2v) is 13.2. The van der Waals surface area contributed by atoms with E-state index >= 15 is 0 Å². The normalized spacial score (nSPS) is 29.0. The van der Waals surface area contributed by atoms with E-state index in [9.17, 15) is 15.0 Å². The molecule has 4 atom stereocenters. The van der Waals surface area contributed by atoms with Crippen LogP contribution in [-0.2, 0) is 23.7 Å². The molecule has 0 aromatic rings. The lowest BCUT2D eigenvalue weighted by atomic mass is 9.95. The molecule has 0 spiro atoms. The molecule has 0 aromatic carbocycles. The Morgan fingerprint density at radius 1 is 0.595 bits per heavy atom. The summed E-state index contributed by atoms with van der Waals surface area (Å²) < 4.78 is 26.1. The van der Waals surface area contributed by atoms with E-state index in [0.717, 1.165) is 83.1 Å². The number of ether oxygens (including phenoxy) is 4. The van der Waals surface area contributed by atoms with Crippen LogP contribution in [0.1, 0.15) is 161 Å². The third-order valence-electron chi connectivity index (χ3n) is 9.44. The fourth-order valence-electron chi connectivity index (χ4n) is 6.85. The van der Waals surface area contributed by atoms with E-state index in [1.165, 1.54) is 64.2 Å². The van der Waals surface area contributed by atoms with Crippen LogP contribution in [0.2, 0.25) is 0 Å². The van der Waals surface area contributed by atoms with Crippen LogP contribution in [0.3, 0.4) is 0 Å². The van der Waals surface area contributed by atoms with Gasteiger partial charge in [-0.1, -0.05) is 122 Å². The summed E-state index contributed by atoms with van der Waals surface area (Å²) in [4.78, 5) is 12.9. The number of carbonyl (C=O) groups excluding carboxylic acids is 1. The molecule has 7 heteroatoms. The van der Waals surface area contributed by atoms with Gasteiger partial charge in [0.25, 0.3) is 0 Å². The summed E-state index contributed by atoms with van der Waals surface area (Å²) >= 11 is 0. The molecule has 0 heterocycles. The lowest BCUT2D eigenvalue weighted by Crippen LogP contribution is -2.51. The number of hydrogen-bond donors (Lipinski definition) is 2. The van der Waals surface area contributed by atoms with Crippen molar-refractivity contribution >= 4 is 5.97 Å². The maximum absolute atomic E-state index is 12.9. The molecule has 3 saturated carbocycles. The Bertz CT molecular complexity index is 710. The van der Waals surface area contributed by atoms with Crippen molar-refractivity contribution in [3.63, 3.8) is 0 Å². The van der Waals surface area contributed by atoms with Crippen LogP contribution in [0.15, 0.2) is 12.7 Å². The average molecular weight is 595 g/mol. The quantitative estimate of drug-likeness (QED) is 0.158. The number of esters is 1. The Kier molecular flexibility index (Phi) is 17.6. The van der Waals surface area contributed by atoms with E-state index in [0.29, 0.717) is 12.8 Å². The highest BCUT2D eigenvalue weighted by molar-refractivity contribution is 5.81. The monoisotopic (exact) mass is 594 g/mol. The van der Waals surface area contributed by atoms with Gasteiger partial charge in [-0.3, -0.25) is 0 Å². The predicted molar refractivity (Wildman–Crippen MR) is 166 cm³/mol. The third-order valence-corrected chi connectivity index (χ3v) is 9.44. The van der Waals surface area contributed by atoms with Crippen molar-refractivity contribution in [3.8, 4) is 0 Å². The zero-order valence-corrected chi connectivity index (χ0v) is 26.5. The second-order valence-electron chi connectivity index (χ2n) is 13.2. The van der Waals surface area contributed by atoms with Crippen molar-refractivity contribution in [1.82, 2.24) is 0 Å². The van der Waals surface area contributed by atoms with E-state index in [-0.39, 0.29) is 25.2 Å². The van der Waals surface area contributed by atoms with Gasteiger partial charge in [0.1, 0.15) is 6.61 Å². The van der Waals surface area contributed by atoms with E-state index in [1.54, 1.807) is 0 Å². The molecule has 7 nitrogen and oxygen atoms in total. The Hall–Kier alpha value is -0.990. The highest BCUT2D eigenvalue weighted by Gasteiger charge is 2.43. The molecule has 4 unspecified atom stereocenters. The summed E-state index contributed by atoms with van der Waals surface area (Å²) in [6, 6.07) is 0. The molecular formula is C35H62O7. The van der Waals surface area contributed by atoms with Crippen molar-refractivity contribution in [1.29, 1.82) is 0 Å². The number of hydrogen-bond acceptors (Lipinski definition) is 7. The topological polar surface area (TPSA) is 94.5 Å². The van der Waals surface area contributed by atoms with Crippen LogP contribution in [0.4, 0.5) is 0 Å². The summed E-state index contributed by atoms with van der Waals surface area (Å²) in [5.41, 5.74) is 0. The highest BCUT2D eigenvalue weighted by atomic mass is 16.9. The molecule has 2 N–H and O–H groups in total. The van der Waals surface area contributed by atoms with Crippen molar-refractivity contribution in [2.24, 2.45) is 0 Å². The summed E-state index contributed by atoms with van der Waals surface area (Å²) in [5, 5.41) is 21.4. The molecule has 3 rings (SSSR count). The number of carbonyl (C=O) groups is 1. The van der Waals surface area contributed by atoms with Gasteiger partial charge in [-0.25, -0.2) is 4.79 Å². The minimum Gasteiger partial charge on any atom is -0.402 e. The van der Waals surface area contributed by atoms with Crippen LogP contribution >= 0.6 is 0 Å². The van der Waals surface area contributed by atoms with Crippen LogP contribution in [0, 0.1) is 0 Å². The van der Waals surface area contributed by atoms with Crippen LogP contribution in [-0.4, -0.2) is 59.3 Å². The smallest absolute Gasteiger partial charge is 0.354 e. The molecule has 0 saturated heterocycles. The number of rotatable bonds is 9. The number of aliphatic hydroxyl groups is 2. The molecule has 0 amide bonds. The Morgan fingerprint density at radius 2 is 1.00 bits per heavy atom. The van der Waals surface area contributed by atoms with E-state index < -0.39 is 30.3 Å². The minimum atomic E-state index is -1.73. The molecule has 0 aromatic heterocycles. The zero-order chi connectivity index (χ0) is 29.9. The predicted octanol–water partition coefficient (Wildman–Crippen LogP) is 8.04. The Labute approximate surface area is 256 Å². The zero-order valence-electron chi connectivity index (χ0n) is 26.5. The maximum atomic E-state index is 12.9. The van der Waals surface area contributed by atoms with Gasteiger partial charge in [0, 0.05) is 12.5 Å². The van der Waals surface area contributed by atoms with E-state index in [2.05, 4.69) is 6.58 Å². The van der Waals surface area contributed by atoms with Gasteiger partial charge in [-0.05, 0) is 38.5 Å². The van der Waals surface area contributed by atoms with E-state index in [1.807, 2.05) is 0 Å². The first kappa shape index (κ1) is 35.5. The largest absolute Gasteiger partial charge is 0.402 e. The summed E-state index contributed by atoms with van der Waals surface area (Å²) in [5.74, 6) is -2.33. The standard InChI is InChI=1S/C35H62O7/c1-2-34(38)42-35(40-30-23-17-11-7-4-8-12-18-24-30,28-39-29-21-15-9-5-3-6-10-16-22-29)41-31-25-19-13-14-20-26-32(36)33(37)27-31/h2,29-33,36-37H,1,3-28H2. The average Bonchev–Trinajstić information content (AvgIpc) is 2.99. The van der Waals surface area contributed by atoms with Crippen LogP contribution < -0.4 is 0 Å². The summed E-state index contributed by atoms with van der Waals surface area (Å²) in [6.45, 7) is 3.64. The molecule has 3 fully saturated rings. The number of aliphatic hydroxyl groups excluding tert-OH is 2. The van der Waals surface area contributed by atoms with Crippen molar-refractivity contribution < 1.29 is 34.0 Å². The second kappa shape index (κ2) is 20.9. The molecule has 0 aliphatic heterocycles. The fraction of sp³-hybridized carbons (Fsp3) is 0.914. The lowest BCUT2D eigenvalue weighted by molar-refractivity contribution is -0.406. The lowest BCUT2D eigenvalue weighted by Gasteiger charge is -2.39.